The van der Waals surface area contributed by atoms with Crippen LogP contribution >= 0.6 is 23.2 Å². The minimum atomic E-state index is -0.432. The summed E-state index contributed by atoms with van der Waals surface area (Å²) in [6.45, 7) is 0.359. The normalized spacial score (nSPS) is 10.7. The number of carbonyl (C=O) groups excluding carboxylic acids is 1. The van der Waals surface area contributed by atoms with Gasteiger partial charge in [0.1, 0.15) is 0 Å². The van der Waals surface area contributed by atoms with Gasteiger partial charge in [-0.2, -0.15) is 0 Å². The predicted octanol–water partition coefficient (Wildman–Crippen LogP) is 3.97. The number of nitro groups is 1. The van der Waals surface area contributed by atoms with Crippen molar-refractivity contribution in [1.82, 2.24) is 4.90 Å². The molecular formula is C16H15Cl2N3O3. The summed E-state index contributed by atoms with van der Waals surface area (Å²) in [5.74, 6) is -0.255. The van der Waals surface area contributed by atoms with Gasteiger partial charge >= 0.3 is 0 Å². The van der Waals surface area contributed by atoms with E-state index in [-0.39, 0.29) is 24.7 Å². The standard InChI is InChI=1S/C16H15Cl2N3O3/c1-20(9-11-4-2-3-5-15(11)21(23)24)10-16(22)19-12-6-7-13(17)14(18)8-12/h2-8H,9-10H2,1H3,(H,19,22). The first kappa shape index (κ1) is 18.2. The zero-order valence-corrected chi connectivity index (χ0v) is 14.3. The van der Waals surface area contributed by atoms with Gasteiger partial charge in [0.05, 0.1) is 21.5 Å². The number of likely N-dealkylation sites (N-methyl/N-ethyl adjacent to an activating group) is 1. The Morgan fingerprint density at radius 3 is 2.58 bits per heavy atom. The summed E-state index contributed by atoms with van der Waals surface area (Å²) in [5, 5.41) is 14.5. The van der Waals surface area contributed by atoms with Gasteiger partial charge in [0, 0.05) is 23.9 Å². The molecule has 2 aromatic rings. The SMILES string of the molecule is CN(CC(=O)Nc1ccc(Cl)c(Cl)c1)Cc1ccccc1[N+](=O)[O-]. The highest BCUT2D eigenvalue weighted by Crippen LogP contribution is 2.25. The minimum Gasteiger partial charge on any atom is -0.325 e. The van der Waals surface area contributed by atoms with Crippen LogP contribution in [0.15, 0.2) is 42.5 Å². The molecule has 8 heteroatoms. The molecular weight excluding hydrogens is 353 g/mol. The molecule has 1 N–H and O–H groups in total. The third-order valence-corrected chi connectivity index (χ3v) is 3.98. The molecule has 0 radical (unpaired) electrons. The molecule has 0 unspecified atom stereocenters. The summed E-state index contributed by atoms with van der Waals surface area (Å²) in [6.07, 6.45) is 0. The van der Waals surface area contributed by atoms with Gasteiger partial charge < -0.3 is 5.32 Å². The fraction of sp³-hybridized carbons (Fsp3) is 0.188. The molecule has 0 bridgehead atoms. The topological polar surface area (TPSA) is 75.5 Å². The van der Waals surface area contributed by atoms with Crippen molar-refractivity contribution in [2.45, 2.75) is 6.54 Å². The van der Waals surface area contributed by atoms with E-state index in [2.05, 4.69) is 5.32 Å². The number of amides is 1. The summed E-state index contributed by atoms with van der Waals surface area (Å²) in [6, 6.07) is 11.3. The number of anilines is 1. The lowest BCUT2D eigenvalue weighted by Crippen LogP contribution is -2.30. The van der Waals surface area contributed by atoms with Gasteiger partial charge in [0.25, 0.3) is 5.69 Å². The van der Waals surface area contributed by atoms with Gasteiger partial charge in [0.2, 0.25) is 5.91 Å². The number of halogens is 2. The molecule has 24 heavy (non-hydrogen) atoms. The number of benzene rings is 2. The molecule has 0 saturated carbocycles. The molecule has 0 heterocycles. The van der Waals surface area contributed by atoms with Crippen molar-refractivity contribution in [3.63, 3.8) is 0 Å². The van der Waals surface area contributed by atoms with Crippen molar-refractivity contribution in [2.24, 2.45) is 0 Å². The molecule has 6 nitrogen and oxygen atoms in total. The highest BCUT2D eigenvalue weighted by Gasteiger charge is 2.15. The minimum absolute atomic E-state index is 0.0363. The molecule has 0 aliphatic carbocycles. The molecule has 0 atom stereocenters. The fourth-order valence-electron chi connectivity index (χ4n) is 2.19. The molecule has 0 aromatic heterocycles. The van der Waals surface area contributed by atoms with Crippen LogP contribution < -0.4 is 5.32 Å². The first-order valence-corrected chi connectivity index (χ1v) is 7.78. The van der Waals surface area contributed by atoms with Gasteiger partial charge in [-0.15, -0.1) is 0 Å². The number of hydrogen-bond acceptors (Lipinski definition) is 4. The second kappa shape index (κ2) is 8.10. The van der Waals surface area contributed by atoms with E-state index in [1.165, 1.54) is 6.07 Å². The predicted molar refractivity (Wildman–Crippen MR) is 94.5 cm³/mol. The van der Waals surface area contributed by atoms with Crippen LogP contribution in [0.1, 0.15) is 5.56 Å². The van der Waals surface area contributed by atoms with Gasteiger partial charge in [0.15, 0.2) is 0 Å². The number of para-hydroxylation sites is 1. The third-order valence-electron chi connectivity index (χ3n) is 3.25. The molecule has 0 aliphatic rings. The maximum atomic E-state index is 12.1. The summed E-state index contributed by atoms with van der Waals surface area (Å²) in [7, 11) is 1.71. The van der Waals surface area contributed by atoms with Crippen molar-refractivity contribution < 1.29 is 9.72 Å². The molecule has 1 amide bonds. The lowest BCUT2D eigenvalue weighted by Gasteiger charge is -2.16. The van der Waals surface area contributed by atoms with Gasteiger partial charge in [-0.1, -0.05) is 41.4 Å². The van der Waals surface area contributed by atoms with E-state index in [1.54, 1.807) is 48.3 Å². The summed E-state index contributed by atoms with van der Waals surface area (Å²) >= 11 is 11.7. The second-order valence-electron chi connectivity index (χ2n) is 5.24. The largest absolute Gasteiger partial charge is 0.325 e. The van der Waals surface area contributed by atoms with E-state index in [1.807, 2.05) is 0 Å². The molecule has 0 fully saturated rings. The number of nitrogens with one attached hydrogen (secondary N) is 1. The molecule has 0 saturated heterocycles. The third kappa shape index (κ3) is 4.92. The smallest absolute Gasteiger partial charge is 0.273 e. The first-order valence-electron chi connectivity index (χ1n) is 7.02. The van der Waals surface area contributed by atoms with E-state index < -0.39 is 4.92 Å². The Morgan fingerprint density at radius 1 is 1.21 bits per heavy atom. The highest BCUT2D eigenvalue weighted by atomic mass is 35.5. The zero-order valence-electron chi connectivity index (χ0n) is 12.8. The quantitative estimate of drug-likeness (QED) is 0.618. The second-order valence-corrected chi connectivity index (χ2v) is 6.05. The molecule has 2 aromatic carbocycles. The van der Waals surface area contributed by atoms with Crippen LogP contribution in [-0.4, -0.2) is 29.3 Å². The Hall–Kier alpha value is -2.15. The van der Waals surface area contributed by atoms with Crippen LogP contribution in [0.3, 0.4) is 0 Å². The average molecular weight is 368 g/mol. The number of carbonyl (C=O) groups is 1. The van der Waals surface area contributed by atoms with Crippen molar-refractivity contribution in [1.29, 1.82) is 0 Å². The van der Waals surface area contributed by atoms with E-state index in [0.29, 0.717) is 21.3 Å². The maximum absolute atomic E-state index is 12.1. The lowest BCUT2D eigenvalue weighted by atomic mass is 10.1. The Balaban J connectivity index is 1.97. The van der Waals surface area contributed by atoms with Gasteiger partial charge in [-0.3, -0.25) is 19.8 Å². The maximum Gasteiger partial charge on any atom is 0.273 e. The Kier molecular flexibility index (Phi) is 6.14. The van der Waals surface area contributed by atoms with Crippen molar-refractivity contribution in [3.8, 4) is 0 Å². The van der Waals surface area contributed by atoms with Gasteiger partial charge in [-0.05, 0) is 25.2 Å². The monoisotopic (exact) mass is 367 g/mol. The fourth-order valence-corrected chi connectivity index (χ4v) is 2.49. The number of nitrogens with zero attached hydrogens (tertiary/aromatic N) is 2. The molecule has 0 aliphatic heterocycles. The molecule has 2 rings (SSSR count). The number of rotatable bonds is 6. The first-order chi connectivity index (χ1) is 11.4. The summed E-state index contributed by atoms with van der Waals surface area (Å²) < 4.78 is 0. The summed E-state index contributed by atoms with van der Waals surface area (Å²) in [5.41, 5.74) is 1.12. The van der Waals surface area contributed by atoms with E-state index in [0.717, 1.165) is 0 Å². The van der Waals surface area contributed by atoms with Crippen LogP contribution in [0, 0.1) is 10.1 Å². The average Bonchev–Trinajstić information content (AvgIpc) is 2.51. The number of nitro benzene ring substituents is 1. The lowest BCUT2D eigenvalue weighted by molar-refractivity contribution is -0.385. The van der Waals surface area contributed by atoms with Crippen molar-refractivity contribution in [3.05, 3.63) is 68.2 Å². The van der Waals surface area contributed by atoms with Gasteiger partial charge in [-0.25, -0.2) is 0 Å². The zero-order chi connectivity index (χ0) is 17.7. The Bertz CT molecular complexity index is 768. The van der Waals surface area contributed by atoms with E-state index in [9.17, 15) is 14.9 Å². The number of hydrogen-bond donors (Lipinski definition) is 1. The Morgan fingerprint density at radius 2 is 1.92 bits per heavy atom. The van der Waals surface area contributed by atoms with E-state index >= 15 is 0 Å². The van der Waals surface area contributed by atoms with Crippen LogP contribution in [-0.2, 0) is 11.3 Å². The van der Waals surface area contributed by atoms with Crippen molar-refractivity contribution in [2.75, 3.05) is 18.9 Å². The van der Waals surface area contributed by atoms with Crippen LogP contribution in [0.5, 0.6) is 0 Å². The molecule has 126 valence electrons. The highest BCUT2D eigenvalue weighted by molar-refractivity contribution is 6.42. The van der Waals surface area contributed by atoms with Crippen LogP contribution in [0.2, 0.25) is 10.0 Å². The Labute approximate surface area is 149 Å². The van der Waals surface area contributed by atoms with Crippen LogP contribution in [0.4, 0.5) is 11.4 Å². The van der Waals surface area contributed by atoms with Crippen molar-refractivity contribution >= 4 is 40.5 Å². The molecule has 0 spiro atoms. The van der Waals surface area contributed by atoms with E-state index in [4.69, 9.17) is 23.2 Å². The summed E-state index contributed by atoms with van der Waals surface area (Å²) in [4.78, 5) is 24.3. The van der Waals surface area contributed by atoms with Crippen LogP contribution in [0.25, 0.3) is 0 Å².